The molecule has 0 saturated heterocycles. The largest absolute Gasteiger partial charge is 0.327 e. The van der Waals surface area contributed by atoms with Crippen LogP contribution in [0.2, 0.25) is 0 Å². The first-order valence-corrected chi connectivity index (χ1v) is 16.7. The molecular formula is C41H31FN4S. The van der Waals surface area contributed by atoms with Gasteiger partial charge in [-0.25, -0.2) is 14.4 Å². The molecule has 228 valence electrons. The van der Waals surface area contributed by atoms with Crippen molar-refractivity contribution in [2.75, 3.05) is 0 Å². The summed E-state index contributed by atoms with van der Waals surface area (Å²) in [5.41, 5.74) is 9.24. The molecule has 4 nitrogen and oxygen atoms in total. The normalized spacial score (nSPS) is 14.4. The predicted molar refractivity (Wildman–Crippen MR) is 190 cm³/mol. The second kappa shape index (κ2) is 10.4. The molecule has 8 aromatic rings. The minimum absolute atomic E-state index is 0.181. The van der Waals surface area contributed by atoms with Gasteiger partial charge in [-0.1, -0.05) is 104 Å². The first-order valence-electron chi connectivity index (χ1n) is 15.9. The quantitative estimate of drug-likeness (QED) is 0.194. The molecule has 1 aliphatic heterocycles. The molecule has 0 saturated carbocycles. The maximum Gasteiger partial charge on any atom is 0.150 e. The van der Waals surface area contributed by atoms with Crippen molar-refractivity contribution in [3.63, 3.8) is 0 Å². The number of para-hydroxylation sites is 3. The van der Waals surface area contributed by atoms with Crippen LogP contribution in [-0.4, -0.2) is 19.1 Å². The van der Waals surface area contributed by atoms with Crippen LogP contribution in [0.25, 0.3) is 50.0 Å². The van der Waals surface area contributed by atoms with Crippen LogP contribution < -0.4 is 0 Å². The summed E-state index contributed by atoms with van der Waals surface area (Å²) in [6.07, 6.45) is 0.732. The molecule has 1 aliphatic rings. The molecule has 0 amide bonds. The number of aryl methyl sites for hydroxylation is 1. The first kappa shape index (κ1) is 28.1. The summed E-state index contributed by atoms with van der Waals surface area (Å²) in [7, 11) is 2.00. The van der Waals surface area contributed by atoms with Crippen molar-refractivity contribution < 1.29 is 4.39 Å². The van der Waals surface area contributed by atoms with E-state index in [-0.39, 0.29) is 5.41 Å². The number of hydrogen-bond donors (Lipinski definition) is 0. The van der Waals surface area contributed by atoms with Crippen molar-refractivity contribution in [2.24, 2.45) is 7.05 Å². The van der Waals surface area contributed by atoms with Crippen molar-refractivity contribution in [3.8, 4) is 17.1 Å². The van der Waals surface area contributed by atoms with Gasteiger partial charge >= 0.3 is 0 Å². The Kier molecular flexibility index (Phi) is 6.21. The van der Waals surface area contributed by atoms with Crippen LogP contribution in [-0.2, 0) is 12.5 Å². The van der Waals surface area contributed by atoms with E-state index in [1.54, 1.807) is 0 Å². The number of fused-ring (bicyclic) bond motifs is 7. The number of hydrogen-bond acceptors (Lipinski definition) is 3. The fourth-order valence-electron chi connectivity index (χ4n) is 7.28. The van der Waals surface area contributed by atoms with Crippen LogP contribution in [0.15, 0.2) is 137 Å². The lowest BCUT2D eigenvalue weighted by molar-refractivity contribution is 0.402. The van der Waals surface area contributed by atoms with Crippen molar-refractivity contribution in [2.45, 2.75) is 35.2 Å². The van der Waals surface area contributed by atoms with Gasteiger partial charge < -0.3 is 4.57 Å². The fraction of sp³-hybridized carbons (Fsp3) is 0.122. The zero-order chi connectivity index (χ0) is 31.9. The molecule has 1 unspecified atom stereocenters. The third-order valence-electron chi connectivity index (χ3n) is 9.73. The number of imidazole rings is 1. The molecule has 47 heavy (non-hydrogen) atoms. The molecule has 0 radical (unpaired) electrons. The standard InChI is InChI=1S/C41H31FN4S/c1-41(2)30-17-5-9-21-35(30)47-38-31(41)24-43-40-36(38)29-16-4-7-19-33(29)46(40)28-15-11-13-26(23-28)37(42)25-12-10-14-27(22-25)39-44-32-18-6-8-20-34(32)45(39)3/h4-24,37H,1-3H3. The molecule has 5 aromatic carbocycles. The molecule has 0 spiro atoms. The van der Waals surface area contributed by atoms with Crippen molar-refractivity contribution >= 4 is 44.7 Å². The average molecular weight is 631 g/mol. The highest BCUT2D eigenvalue weighted by Gasteiger charge is 2.35. The van der Waals surface area contributed by atoms with E-state index < -0.39 is 6.17 Å². The Morgan fingerprint density at radius 2 is 1.47 bits per heavy atom. The van der Waals surface area contributed by atoms with Crippen molar-refractivity contribution in [1.82, 2.24) is 19.1 Å². The van der Waals surface area contributed by atoms with E-state index in [1.165, 1.54) is 20.9 Å². The second-order valence-corrected chi connectivity index (χ2v) is 13.9. The summed E-state index contributed by atoms with van der Waals surface area (Å²) in [6.45, 7) is 4.57. The molecule has 0 aliphatic carbocycles. The van der Waals surface area contributed by atoms with Crippen LogP contribution in [0, 0.1) is 0 Å². The number of alkyl halides is 1. The number of pyridine rings is 1. The van der Waals surface area contributed by atoms with E-state index in [4.69, 9.17) is 9.97 Å². The molecule has 0 fully saturated rings. The van der Waals surface area contributed by atoms with E-state index in [0.29, 0.717) is 11.1 Å². The Hall–Kier alpha value is -5.20. The van der Waals surface area contributed by atoms with Gasteiger partial charge in [-0.15, -0.1) is 0 Å². The third-order valence-corrected chi connectivity index (χ3v) is 10.9. The van der Waals surface area contributed by atoms with Crippen LogP contribution in [0.5, 0.6) is 0 Å². The fourth-order valence-corrected chi connectivity index (χ4v) is 8.81. The lowest BCUT2D eigenvalue weighted by atomic mass is 9.78. The lowest BCUT2D eigenvalue weighted by Gasteiger charge is -2.34. The highest BCUT2D eigenvalue weighted by Crippen LogP contribution is 2.52. The Bertz CT molecular complexity index is 2520. The second-order valence-electron chi connectivity index (χ2n) is 12.8. The molecule has 1 atom stereocenters. The Morgan fingerprint density at radius 3 is 2.32 bits per heavy atom. The summed E-state index contributed by atoms with van der Waals surface area (Å²) in [6, 6.07) is 40.7. The highest BCUT2D eigenvalue weighted by atomic mass is 32.2. The predicted octanol–water partition coefficient (Wildman–Crippen LogP) is 10.6. The Morgan fingerprint density at radius 1 is 0.745 bits per heavy atom. The van der Waals surface area contributed by atoms with Gasteiger partial charge in [0.25, 0.3) is 0 Å². The Balaban J connectivity index is 1.16. The molecular weight excluding hydrogens is 600 g/mol. The maximum atomic E-state index is 16.5. The molecule has 3 aromatic heterocycles. The monoisotopic (exact) mass is 630 g/mol. The minimum atomic E-state index is -1.31. The Labute approximate surface area is 276 Å². The molecule has 9 rings (SSSR count). The number of rotatable bonds is 4. The van der Waals surface area contributed by atoms with E-state index in [9.17, 15) is 0 Å². The van der Waals surface area contributed by atoms with Gasteiger partial charge in [0.1, 0.15) is 11.5 Å². The maximum absolute atomic E-state index is 16.5. The van der Waals surface area contributed by atoms with Gasteiger partial charge in [0.2, 0.25) is 0 Å². The van der Waals surface area contributed by atoms with Crippen LogP contribution in [0.3, 0.4) is 0 Å². The van der Waals surface area contributed by atoms with E-state index in [0.717, 1.165) is 50.0 Å². The van der Waals surface area contributed by atoms with Gasteiger partial charge in [0.15, 0.2) is 6.17 Å². The summed E-state index contributed by atoms with van der Waals surface area (Å²) in [5.74, 6) is 0.817. The smallest absolute Gasteiger partial charge is 0.150 e. The lowest BCUT2D eigenvalue weighted by Crippen LogP contribution is -2.24. The summed E-state index contributed by atoms with van der Waals surface area (Å²) in [5, 5.41) is 2.29. The zero-order valence-electron chi connectivity index (χ0n) is 26.3. The SMILES string of the molecule is Cn1c(-c2cccc(C(F)c3cccc(-n4c5ccccc5c5c6c(cnc54)C(C)(C)c4ccccc4S6)c3)c2)nc2ccccc21. The van der Waals surface area contributed by atoms with E-state index in [2.05, 4.69) is 77.6 Å². The number of aromatic nitrogens is 4. The zero-order valence-corrected chi connectivity index (χ0v) is 27.1. The minimum Gasteiger partial charge on any atom is -0.327 e. The first-order chi connectivity index (χ1) is 22.9. The van der Waals surface area contributed by atoms with Gasteiger partial charge in [0, 0.05) is 50.5 Å². The summed E-state index contributed by atoms with van der Waals surface area (Å²) >= 11 is 1.82. The van der Waals surface area contributed by atoms with Crippen molar-refractivity contribution in [3.05, 3.63) is 150 Å². The number of benzene rings is 5. The van der Waals surface area contributed by atoms with Crippen LogP contribution >= 0.6 is 11.8 Å². The highest BCUT2D eigenvalue weighted by molar-refractivity contribution is 7.99. The van der Waals surface area contributed by atoms with Crippen molar-refractivity contribution in [1.29, 1.82) is 0 Å². The molecule has 4 heterocycles. The number of halogens is 1. The van der Waals surface area contributed by atoms with Crippen LogP contribution in [0.1, 0.15) is 42.3 Å². The van der Waals surface area contributed by atoms with E-state index in [1.807, 2.05) is 91.7 Å². The summed E-state index contributed by atoms with van der Waals surface area (Å²) in [4.78, 5) is 12.5. The molecule has 0 N–H and O–H groups in total. The van der Waals surface area contributed by atoms with Gasteiger partial charge in [-0.05, 0) is 64.7 Å². The van der Waals surface area contributed by atoms with Crippen LogP contribution in [0.4, 0.5) is 4.39 Å². The average Bonchev–Trinajstić information content (AvgIpc) is 3.63. The van der Waals surface area contributed by atoms with Gasteiger partial charge in [-0.3, -0.25) is 4.57 Å². The van der Waals surface area contributed by atoms with Gasteiger partial charge in [0.05, 0.1) is 16.6 Å². The van der Waals surface area contributed by atoms with E-state index >= 15 is 4.39 Å². The molecule has 6 heteroatoms. The topological polar surface area (TPSA) is 35.6 Å². The third kappa shape index (κ3) is 4.21. The van der Waals surface area contributed by atoms with Gasteiger partial charge in [-0.2, -0.15) is 0 Å². The number of nitrogens with zero attached hydrogens (tertiary/aromatic N) is 4. The molecule has 0 bridgehead atoms. The summed E-state index contributed by atoms with van der Waals surface area (Å²) < 4.78 is 20.8.